The van der Waals surface area contributed by atoms with E-state index in [9.17, 15) is 14.7 Å². The van der Waals surface area contributed by atoms with E-state index in [4.69, 9.17) is 25.8 Å². The Balaban J connectivity index is 2.25. The number of benzene rings is 2. The number of amides is 1. The molecular formula is C25H29ClN2O6. The molecule has 2 aromatic rings. The average molecular weight is 489 g/mol. The van der Waals surface area contributed by atoms with E-state index in [-0.39, 0.29) is 17.9 Å². The second kappa shape index (κ2) is 10.8. The topological polar surface area (TPSA) is 88.5 Å². The van der Waals surface area contributed by atoms with E-state index in [1.807, 2.05) is 25.9 Å². The third-order valence-electron chi connectivity index (χ3n) is 5.56. The van der Waals surface area contributed by atoms with E-state index in [0.29, 0.717) is 46.5 Å². The third-order valence-corrected chi connectivity index (χ3v) is 5.87. The fraction of sp³-hybridized carbons (Fsp3) is 0.360. The van der Waals surface area contributed by atoms with Gasteiger partial charge in [-0.2, -0.15) is 0 Å². The van der Waals surface area contributed by atoms with Crippen molar-refractivity contribution >= 4 is 29.1 Å². The first-order valence-corrected chi connectivity index (χ1v) is 11.2. The molecule has 1 N–H and O–H groups in total. The third kappa shape index (κ3) is 4.83. The number of rotatable bonds is 9. The van der Waals surface area contributed by atoms with E-state index in [1.54, 1.807) is 36.4 Å². The second-order valence-electron chi connectivity index (χ2n) is 7.96. The van der Waals surface area contributed by atoms with Crippen LogP contribution in [0.5, 0.6) is 17.2 Å². The van der Waals surface area contributed by atoms with Gasteiger partial charge in [0, 0.05) is 24.2 Å². The lowest BCUT2D eigenvalue weighted by Crippen LogP contribution is -2.35. The highest BCUT2D eigenvalue weighted by molar-refractivity contribution is 6.46. The van der Waals surface area contributed by atoms with Crippen LogP contribution in [0.3, 0.4) is 0 Å². The maximum absolute atomic E-state index is 13.2. The molecule has 1 atom stereocenters. The van der Waals surface area contributed by atoms with Crippen LogP contribution in [0, 0.1) is 0 Å². The number of likely N-dealkylation sites (tertiary alicyclic amines) is 1. The molecule has 9 heteroatoms. The van der Waals surface area contributed by atoms with Crippen molar-refractivity contribution in [3.05, 3.63) is 58.1 Å². The first kappa shape index (κ1) is 25.4. The van der Waals surface area contributed by atoms with Gasteiger partial charge in [0.2, 0.25) is 0 Å². The number of aliphatic hydroxyl groups is 1. The van der Waals surface area contributed by atoms with Gasteiger partial charge >= 0.3 is 0 Å². The number of hydrogen-bond acceptors (Lipinski definition) is 7. The summed E-state index contributed by atoms with van der Waals surface area (Å²) in [4.78, 5) is 29.7. The smallest absolute Gasteiger partial charge is 0.295 e. The lowest BCUT2D eigenvalue weighted by molar-refractivity contribution is -0.140. The van der Waals surface area contributed by atoms with Crippen molar-refractivity contribution in [1.82, 2.24) is 9.80 Å². The molecule has 182 valence electrons. The maximum atomic E-state index is 13.2. The van der Waals surface area contributed by atoms with Gasteiger partial charge in [-0.05, 0) is 45.3 Å². The molecule has 0 aromatic heterocycles. The number of para-hydroxylation sites is 1. The molecule has 1 heterocycles. The fourth-order valence-corrected chi connectivity index (χ4v) is 4.11. The van der Waals surface area contributed by atoms with Gasteiger partial charge in [-0.25, -0.2) is 0 Å². The van der Waals surface area contributed by atoms with Crippen LogP contribution in [-0.2, 0) is 9.59 Å². The van der Waals surface area contributed by atoms with Gasteiger partial charge in [-0.3, -0.25) is 9.59 Å². The molecular weight excluding hydrogens is 460 g/mol. The highest BCUT2D eigenvalue weighted by Crippen LogP contribution is 2.45. The Bertz CT molecular complexity index is 1110. The van der Waals surface area contributed by atoms with Crippen molar-refractivity contribution in [1.29, 1.82) is 0 Å². The molecule has 1 aliphatic heterocycles. The second-order valence-corrected chi connectivity index (χ2v) is 8.36. The van der Waals surface area contributed by atoms with Crippen LogP contribution in [0.25, 0.3) is 5.76 Å². The van der Waals surface area contributed by atoms with Crippen LogP contribution in [0.2, 0.25) is 5.02 Å². The van der Waals surface area contributed by atoms with Crippen molar-refractivity contribution in [2.45, 2.75) is 13.0 Å². The van der Waals surface area contributed by atoms with Crippen LogP contribution in [0.15, 0.2) is 42.0 Å². The quantitative estimate of drug-likeness (QED) is 0.327. The normalized spacial score (nSPS) is 17.4. The number of halogens is 1. The number of carbonyl (C=O) groups is 2. The monoisotopic (exact) mass is 488 g/mol. The molecule has 0 radical (unpaired) electrons. The highest BCUT2D eigenvalue weighted by atomic mass is 35.5. The number of likely N-dealkylation sites (N-methyl/N-ethyl adjacent to an activating group) is 1. The van der Waals surface area contributed by atoms with Crippen molar-refractivity contribution in [3.8, 4) is 17.2 Å². The van der Waals surface area contributed by atoms with Gasteiger partial charge < -0.3 is 29.1 Å². The Morgan fingerprint density at radius 3 is 2.47 bits per heavy atom. The number of Topliss-reactive ketones (excluding diaryl/α,β-unsaturated/α-hetero) is 1. The van der Waals surface area contributed by atoms with E-state index in [1.165, 1.54) is 19.1 Å². The van der Waals surface area contributed by atoms with E-state index < -0.39 is 17.7 Å². The van der Waals surface area contributed by atoms with E-state index in [0.717, 1.165) is 0 Å². The first-order chi connectivity index (χ1) is 16.2. The molecule has 2 aromatic carbocycles. The summed E-state index contributed by atoms with van der Waals surface area (Å²) in [5.74, 6) is -0.604. The average Bonchev–Trinajstić information content (AvgIpc) is 3.07. The van der Waals surface area contributed by atoms with Crippen LogP contribution in [0.1, 0.15) is 24.1 Å². The van der Waals surface area contributed by atoms with Gasteiger partial charge in [0.15, 0.2) is 11.5 Å². The predicted octanol–water partition coefficient (Wildman–Crippen LogP) is 3.74. The van der Waals surface area contributed by atoms with Gasteiger partial charge in [0.25, 0.3) is 11.7 Å². The molecule has 1 unspecified atom stereocenters. The number of aliphatic hydroxyl groups excluding tert-OH is 1. The molecule has 0 saturated carbocycles. The minimum Gasteiger partial charge on any atom is -0.507 e. The summed E-state index contributed by atoms with van der Waals surface area (Å²) in [7, 11) is 6.75. The molecule has 1 fully saturated rings. The number of ether oxygens (including phenoxy) is 3. The number of nitrogens with zero attached hydrogens (tertiary/aromatic N) is 2. The standard InChI is InChI=1S/C25H29ClN2O6/c1-6-34-19-14-15(10-11-17(19)26)22(29)20-21(16-8-7-9-18(32-4)24(16)33-5)28(13-12-27(2)3)25(31)23(20)30/h7-11,14,21,29H,6,12-13H2,1-5H3/b22-20+. The van der Waals surface area contributed by atoms with E-state index in [2.05, 4.69) is 0 Å². The highest BCUT2D eigenvalue weighted by Gasteiger charge is 2.47. The summed E-state index contributed by atoms with van der Waals surface area (Å²) in [5.41, 5.74) is 0.797. The van der Waals surface area contributed by atoms with Crippen LogP contribution >= 0.6 is 11.6 Å². The molecule has 0 spiro atoms. The number of hydrogen-bond donors (Lipinski definition) is 1. The molecule has 1 saturated heterocycles. The van der Waals surface area contributed by atoms with Crippen molar-refractivity contribution in [3.63, 3.8) is 0 Å². The SMILES string of the molecule is CCOc1cc(/C(O)=C2\C(=O)C(=O)N(CCN(C)C)C2c2cccc(OC)c2OC)ccc1Cl. The zero-order chi connectivity index (χ0) is 25.0. The Morgan fingerprint density at radius 1 is 1.12 bits per heavy atom. The summed E-state index contributed by atoms with van der Waals surface area (Å²) >= 11 is 6.20. The zero-order valence-corrected chi connectivity index (χ0v) is 20.7. The van der Waals surface area contributed by atoms with Gasteiger partial charge in [0.05, 0.1) is 37.5 Å². The summed E-state index contributed by atoms with van der Waals surface area (Å²) < 4.78 is 16.6. The van der Waals surface area contributed by atoms with Crippen LogP contribution in [0.4, 0.5) is 0 Å². The molecule has 8 nitrogen and oxygen atoms in total. The van der Waals surface area contributed by atoms with Gasteiger partial charge in [0.1, 0.15) is 11.5 Å². The van der Waals surface area contributed by atoms with Crippen LogP contribution < -0.4 is 14.2 Å². The zero-order valence-electron chi connectivity index (χ0n) is 19.9. The number of methoxy groups -OCH3 is 2. The molecule has 0 aliphatic carbocycles. The molecule has 34 heavy (non-hydrogen) atoms. The Hall–Kier alpha value is -3.23. The summed E-state index contributed by atoms with van der Waals surface area (Å²) in [6.45, 7) is 2.98. The Morgan fingerprint density at radius 2 is 1.85 bits per heavy atom. The van der Waals surface area contributed by atoms with Crippen LogP contribution in [-0.4, -0.2) is 74.6 Å². The van der Waals surface area contributed by atoms with E-state index >= 15 is 0 Å². The van der Waals surface area contributed by atoms with Crippen molar-refractivity contribution in [2.24, 2.45) is 0 Å². The summed E-state index contributed by atoms with van der Waals surface area (Å²) in [5, 5.41) is 11.7. The summed E-state index contributed by atoms with van der Waals surface area (Å²) in [6, 6.07) is 9.05. The molecule has 3 rings (SSSR count). The summed E-state index contributed by atoms with van der Waals surface area (Å²) in [6.07, 6.45) is 0. The lowest BCUT2D eigenvalue weighted by atomic mass is 9.94. The molecule has 1 aliphatic rings. The molecule has 1 amide bonds. The minimum absolute atomic E-state index is 0.0416. The minimum atomic E-state index is -0.878. The first-order valence-electron chi connectivity index (χ1n) is 10.8. The molecule has 0 bridgehead atoms. The number of carbonyl (C=O) groups excluding carboxylic acids is 2. The van der Waals surface area contributed by atoms with Gasteiger partial charge in [-0.1, -0.05) is 23.7 Å². The predicted molar refractivity (Wildman–Crippen MR) is 130 cm³/mol. The van der Waals surface area contributed by atoms with Gasteiger partial charge in [-0.15, -0.1) is 0 Å². The lowest BCUT2D eigenvalue weighted by Gasteiger charge is -2.28. The maximum Gasteiger partial charge on any atom is 0.295 e. The largest absolute Gasteiger partial charge is 0.507 e. The fourth-order valence-electron chi connectivity index (χ4n) is 3.94. The Kier molecular flexibility index (Phi) is 8.06. The Labute approximate surface area is 204 Å². The van der Waals surface area contributed by atoms with Crippen molar-refractivity contribution < 1.29 is 28.9 Å². The number of ketones is 1. The van der Waals surface area contributed by atoms with Crippen molar-refractivity contribution in [2.75, 3.05) is 48.0 Å².